The Morgan fingerprint density at radius 1 is 0.609 bits per heavy atom. The summed E-state index contributed by atoms with van der Waals surface area (Å²) in [5.41, 5.74) is 6.52. The molecule has 0 radical (unpaired) electrons. The van der Waals surface area contributed by atoms with Gasteiger partial charge in [-0.05, 0) is 59.7 Å². The van der Waals surface area contributed by atoms with E-state index in [-0.39, 0.29) is 18.9 Å². The Morgan fingerprint density at radius 3 is 1.04 bits per heavy atom. The second kappa shape index (κ2) is 6.71. The van der Waals surface area contributed by atoms with Crippen molar-refractivity contribution in [2.75, 3.05) is 0 Å². The summed E-state index contributed by atoms with van der Waals surface area (Å²) in [6.07, 6.45) is 0. The Labute approximate surface area is 153 Å². The summed E-state index contributed by atoms with van der Waals surface area (Å²) >= 11 is -1.95. The van der Waals surface area contributed by atoms with Crippen molar-refractivity contribution in [1.29, 1.82) is 0 Å². The molecule has 0 aliphatic heterocycles. The average molecular weight is 320 g/mol. The molecule has 0 saturated heterocycles. The van der Waals surface area contributed by atoms with Crippen LogP contribution in [-0.2, 0) is 0 Å². The van der Waals surface area contributed by atoms with Gasteiger partial charge in [0.1, 0.15) is 0 Å². The summed E-state index contributed by atoms with van der Waals surface area (Å²) in [6, 6.07) is 6.33. The summed E-state index contributed by atoms with van der Waals surface area (Å²) in [6.45, 7) is 12.4. The van der Waals surface area contributed by atoms with E-state index in [1.165, 1.54) is 0 Å². The summed E-state index contributed by atoms with van der Waals surface area (Å²) in [7, 11) is 0. The van der Waals surface area contributed by atoms with Crippen molar-refractivity contribution in [3.05, 3.63) is 52.4 Å². The van der Waals surface area contributed by atoms with E-state index in [0.29, 0.717) is 0 Å². The van der Waals surface area contributed by atoms with Gasteiger partial charge in [0.25, 0.3) is 0 Å². The van der Waals surface area contributed by atoms with Crippen LogP contribution in [0.25, 0.3) is 0 Å². The Morgan fingerprint density at radius 2 is 0.870 bits per heavy atom. The second-order valence-corrected chi connectivity index (χ2v) is 8.12. The van der Waals surface area contributed by atoms with Crippen LogP contribution in [0.2, 0.25) is 0 Å². The molecule has 116 valence electrons. The molecule has 0 bridgehead atoms. The minimum atomic E-state index is -1.95. The number of hydrogen-bond acceptors (Lipinski definition) is 3. The molecule has 0 amide bonds. The molecule has 0 saturated carbocycles. The first-order valence-corrected chi connectivity index (χ1v) is 9.00. The van der Waals surface area contributed by atoms with E-state index >= 15 is 0 Å². The van der Waals surface area contributed by atoms with Crippen LogP contribution in [0.1, 0.15) is 34.2 Å². The third-order valence-electron chi connectivity index (χ3n) is 3.79. The molecule has 0 aliphatic rings. The van der Waals surface area contributed by atoms with Crippen LogP contribution in [0.5, 0.6) is 0 Å². The van der Waals surface area contributed by atoms with Gasteiger partial charge < -0.3 is 11.0 Å². The molecule has 23 heavy (non-hydrogen) atoms. The monoisotopic (exact) mass is 320 g/mol. The second-order valence-electron chi connectivity index (χ2n) is 5.96. The first kappa shape index (κ1) is 18.1. The van der Waals surface area contributed by atoms with Gasteiger partial charge in [0.2, 0.25) is 0 Å². The minimum absolute atomic E-state index is 0. The number of rotatable bonds is 3. The standard InChI is InChI=1S/3C5H7N2.Al.Li.H/c3*1-4-3-5(2)7-6-4;;;/h3*3H,1-2H3;;;/q3*-1;+3;;. The Kier molecular flexibility index (Phi) is 5.28. The Bertz CT molecular complexity index is 721. The van der Waals surface area contributed by atoms with Gasteiger partial charge in [0.15, 0.2) is 0 Å². The van der Waals surface area contributed by atoms with Gasteiger partial charge >= 0.3 is 33.7 Å². The van der Waals surface area contributed by atoms with Gasteiger partial charge in [0.05, 0.1) is 17.1 Å². The predicted molar refractivity (Wildman–Crippen MR) is 94.2 cm³/mol. The fraction of sp³-hybridized carbons (Fsp3) is 0.400. The van der Waals surface area contributed by atoms with Gasteiger partial charge in [-0.3, -0.25) is 0 Å². The predicted octanol–water partition coefficient (Wildman–Crippen LogP) is 1.41. The van der Waals surface area contributed by atoms with E-state index in [1.807, 2.05) is 20.8 Å². The first-order chi connectivity index (χ1) is 10.4. The van der Waals surface area contributed by atoms with Crippen LogP contribution < -0.4 is 0 Å². The van der Waals surface area contributed by atoms with Gasteiger partial charge in [-0.1, -0.05) is 0 Å². The van der Waals surface area contributed by atoms with E-state index in [4.69, 9.17) is 15.3 Å². The SMILES string of the molecule is Cc1cc(C)[n]([Al]([n]2nc(C)cc2C)[n]2nc(C)cc2C)n1.[LiH]. The van der Waals surface area contributed by atoms with Crippen molar-refractivity contribution < 1.29 is 0 Å². The molecular formula is C15H22AlLiN6. The number of aryl methyl sites for hydroxylation is 6. The van der Waals surface area contributed by atoms with Crippen molar-refractivity contribution in [3.8, 4) is 0 Å². The van der Waals surface area contributed by atoms with Crippen LogP contribution >= 0.6 is 0 Å². The fourth-order valence-corrected chi connectivity index (χ4v) is 5.74. The van der Waals surface area contributed by atoms with E-state index in [1.54, 1.807) is 0 Å². The number of nitrogens with zero attached hydrogens (tertiary/aromatic N) is 6. The van der Waals surface area contributed by atoms with Crippen LogP contribution in [0.3, 0.4) is 0 Å². The maximum absolute atomic E-state index is 4.72. The van der Waals surface area contributed by atoms with Gasteiger partial charge in [-0.15, -0.1) is 0 Å². The Balaban J connectivity index is 0.00000192. The molecule has 0 atom stereocenters. The van der Waals surface area contributed by atoms with Crippen LogP contribution in [0, 0.1) is 41.5 Å². The van der Waals surface area contributed by atoms with Gasteiger partial charge in [0, 0.05) is 17.1 Å². The van der Waals surface area contributed by atoms with Crippen molar-refractivity contribution >= 4 is 33.7 Å². The van der Waals surface area contributed by atoms with Crippen molar-refractivity contribution in [2.24, 2.45) is 0 Å². The fourth-order valence-electron chi connectivity index (χ4n) is 2.95. The third-order valence-corrected chi connectivity index (χ3v) is 6.67. The molecule has 0 aliphatic carbocycles. The Hall–Kier alpha value is -1.24. The van der Waals surface area contributed by atoms with E-state index in [2.05, 4.69) is 50.0 Å². The molecule has 3 aromatic heterocycles. The molecule has 0 N–H and O–H groups in total. The summed E-state index contributed by atoms with van der Waals surface area (Å²) in [4.78, 5) is 0. The molecule has 0 spiro atoms. The molecule has 0 fully saturated rings. The summed E-state index contributed by atoms with van der Waals surface area (Å²) < 4.78 is 6.36. The molecule has 8 heteroatoms. The summed E-state index contributed by atoms with van der Waals surface area (Å²) in [5.74, 6) is 0. The molecular weight excluding hydrogens is 298 g/mol. The quantitative estimate of drug-likeness (QED) is 0.686. The number of aromatic nitrogens is 6. The third kappa shape index (κ3) is 3.34. The van der Waals surface area contributed by atoms with Crippen molar-refractivity contribution in [3.63, 3.8) is 0 Å². The van der Waals surface area contributed by atoms with Crippen LogP contribution in [0.4, 0.5) is 0 Å². The topological polar surface area (TPSA) is 53.5 Å². The first-order valence-electron chi connectivity index (χ1n) is 7.45. The van der Waals surface area contributed by atoms with Gasteiger partial charge in [-0.25, -0.2) is 15.3 Å². The molecule has 3 heterocycles. The van der Waals surface area contributed by atoms with E-state index < -0.39 is 14.8 Å². The van der Waals surface area contributed by atoms with Gasteiger partial charge in [-0.2, -0.15) is 0 Å². The van der Waals surface area contributed by atoms with E-state index in [0.717, 1.165) is 34.2 Å². The molecule has 0 unspecified atom stereocenters. The van der Waals surface area contributed by atoms with E-state index in [9.17, 15) is 0 Å². The zero-order valence-electron chi connectivity index (χ0n) is 14.0. The molecule has 0 aromatic carbocycles. The van der Waals surface area contributed by atoms with Crippen LogP contribution in [0.15, 0.2) is 18.2 Å². The molecule has 3 rings (SSSR count). The maximum atomic E-state index is 4.72. The molecule has 6 nitrogen and oxygen atoms in total. The zero-order valence-corrected chi connectivity index (χ0v) is 15.1. The van der Waals surface area contributed by atoms with Crippen LogP contribution in [-0.4, -0.2) is 60.0 Å². The normalized spacial score (nSPS) is 10.7. The zero-order chi connectivity index (χ0) is 16.0. The van der Waals surface area contributed by atoms with Crippen molar-refractivity contribution in [1.82, 2.24) is 26.3 Å². The number of hydrogen-bond donors (Lipinski definition) is 0. The van der Waals surface area contributed by atoms with Crippen molar-refractivity contribution in [2.45, 2.75) is 41.5 Å². The summed E-state index contributed by atoms with van der Waals surface area (Å²) in [5, 5.41) is 14.2. The molecule has 3 aromatic rings. The average Bonchev–Trinajstić information content (AvgIpc) is 3.02.